The fraction of sp³-hybridized carbons (Fsp3) is 0.250. The molecule has 2 aromatic rings. The van der Waals surface area contributed by atoms with E-state index < -0.39 is 0 Å². The number of nitrogens with one attached hydrogen (secondary N) is 1. The molecule has 1 aromatic carbocycles. The Kier molecular flexibility index (Phi) is 3.95. The van der Waals surface area contributed by atoms with Crippen LogP contribution in [0.5, 0.6) is 0 Å². The van der Waals surface area contributed by atoms with Crippen LogP contribution >= 0.6 is 22.6 Å². The highest BCUT2D eigenvalue weighted by Crippen LogP contribution is 2.11. The van der Waals surface area contributed by atoms with Crippen molar-refractivity contribution in [2.45, 2.75) is 13.5 Å². The zero-order chi connectivity index (χ0) is 11.4. The van der Waals surface area contributed by atoms with Crippen molar-refractivity contribution in [1.82, 2.24) is 15.1 Å². The molecule has 0 fully saturated rings. The second-order valence-electron chi connectivity index (χ2n) is 3.51. The van der Waals surface area contributed by atoms with E-state index in [1.54, 1.807) is 0 Å². The van der Waals surface area contributed by atoms with Crippen LogP contribution in [0, 0.1) is 3.57 Å². The average molecular weight is 327 g/mol. The zero-order valence-corrected chi connectivity index (χ0v) is 11.3. The summed E-state index contributed by atoms with van der Waals surface area (Å²) in [5.41, 5.74) is 2.17. The molecule has 0 aliphatic rings. The van der Waals surface area contributed by atoms with Gasteiger partial charge in [-0.15, -0.1) is 0 Å². The molecule has 0 saturated heterocycles. The standard InChI is InChI=1S/C12H14IN3/c1-2-14-9-11-7-8-16(15-11)12-5-3-10(13)4-6-12/h3-8,14H,2,9H2,1H3. The van der Waals surface area contributed by atoms with Gasteiger partial charge < -0.3 is 5.32 Å². The van der Waals surface area contributed by atoms with Gasteiger partial charge >= 0.3 is 0 Å². The van der Waals surface area contributed by atoms with Crippen molar-refractivity contribution in [2.75, 3.05) is 6.54 Å². The number of benzene rings is 1. The minimum Gasteiger partial charge on any atom is -0.311 e. The van der Waals surface area contributed by atoms with Gasteiger partial charge in [-0.2, -0.15) is 5.10 Å². The van der Waals surface area contributed by atoms with Crippen LogP contribution in [0.3, 0.4) is 0 Å². The predicted octanol–water partition coefficient (Wildman–Crippen LogP) is 2.59. The van der Waals surface area contributed by atoms with E-state index in [-0.39, 0.29) is 0 Å². The third-order valence-electron chi connectivity index (χ3n) is 2.29. The molecule has 0 bridgehead atoms. The molecule has 1 N–H and O–H groups in total. The van der Waals surface area contributed by atoms with Crippen molar-refractivity contribution in [2.24, 2.45) is 0 Å². The molecule has 16 heavy (non-hydrogen) atoms. The van der Waals surface area contributed by atoms with Crippen molar-refractivity contribution < 1.29 is 0 Å². The average Bonchev–Trinajstić information content (AvgIpc) is 2.76. The summed E-state index contributed by atoms with van der Waals surface area (Å²) in [4.78, 5) is 0. The molecule has 84 valence electrons. The Morgan fingerprint density at radius 2 is 2.00 bits per heavy atom. The van der Waals surface area contributed by atoms with Crippen LogP contribution < -0.4 is 5.32 Å². The summed E-state index contributed by atoms with van der Waals surface area (Å²) in [7, 11) is 0. The van der Waals surface area contributed by atoms with Gasteiger partial charge in [-0.05, 0) is 59.5 Å². The van der Waals surface area contributed by atoms with Crippen LogP contribution in [-0.2, 0) is 6.54 Å². The number of hydrogen-bond donors (Lipinski definition) is 1. The first-order chi connectivity index (χ1) is 7.79. The Bertz CT molecular complexity index is 448. The molecule has 2 rings (SSSR count). The van der Waals surface area contributed by atoms with E-state index in [4.69, 9.17) is 0 Å². The first kappa shape index (κ1) is 11.6. The number of hydrogen-bond acceptors (Lipinski definition) is 2. The molecule has 0 saturated carbocycles. The summed E-state index contributed by atoms with van der Waals surface area (Å²) < 4.78 is 3.14. The lowest BCUT2D eigenvalue weighted by Gasteiger charge is -2.01. The largest absolute Gasteiger partial charge is 0.311 e. The third-order valence-corrected chi connectivity index (χ3v) is 3.01. The fourth-order valence-electron chi connectivity index (χ4n) is 1.45. The third kappa shape index (κ3) is 2.82. The van der Waals surface area contributed by atoms with E-state index in [1.165, 1.54) is 3.57 Å². The van der Waals surface area contributed by atoms with Gasteiger partial charge in [-0.3, -0.25) is 0 Å². The van der Waals surface area contributed by atoms with Crippen LogP contribution in [0.2, 0.25) is 0 Å². The second kappa shape index (κ2) is 5.45. The molecule has 1 aromatic heterocycles. The van der Waals surface area contributed by atoms with E-state index in [0.29, 0.717) is 0 Å². The van der Waals surface area contributed by atoms with E-state index in [9.17, 15) is 0 Å². The first-order valence-electron chi connectivity index (χ1n) is 5.31. The highest BCUT2D eigenvalue weighted by molar-refractivity contribution is 14.1. The van der Waals surface area contributed by atoms with Gasteiger partial charge in [0.05, 0.1) is 11.4 Å². The normalized spacial score (nSPS) is 10.6. The van der Waals surface area contributed by atoms with Crippen molar-refractivity contribution in [3.05, 3.63) is 45.8 Å². The highest BCUT2D eigenvalue weighted by Gasteiger charge is 2.00. The summed E-state index contributed by atoms with van der Waals surface area (Å²) in [6.07, 6.45) is 1.99. The Balaban J connectivity index is 2.15. The van der Waals surface area contributed by atoms with Gasteiger partial charge in [0.25, 0.3) is 0 Å². The molecular weight excluding hydrogens is 313 g/mol. The van der Waals surface area contributed by atoms with Crippen LogP contribution in [0.25, 0.3) is 5.69 Å². The van der Waals surface area contributed by atoms with Crippen molar-refractivity contribution >= 4 is 22.6 Å². The molecule has 0 atom stereocenters. The van der Waals surface area contributed by atoms with E-state index in [2.05, 4.69) is 64.2 Å². The Labute approximate surface area is 109 Å². The molecule has 4 heteroatoms. The molecular formula is C12H14IN3. The van der Waals surface area contributed by atoms with E-state index in [1.807, 2.05) is 16.9 Å². The van der Waals surface area contributed by atoms with Crippen LogP contribution in [0.15, 0.2) is 36.5 Å². The fourth-order valence-corrected chi connectivity index (χ4v) is 1.81. The molecule has 0 spiro atoms. The lowest BCUT2D eigenvalue weighted by atomic mass is 10.3. The monoisotopic (exact) mass is 327 g/mol. The minimum absolute atomic E-state index is 0.827. The lowest BCUT2D eigenvalue weighted by molar-refractivity contribution is 0.696. The van der Waals surface area contributed by atoms with Gasteiger partial charge in [-0.25, -0.2) is 4.68 Å². The number of rotatable bonds is 4. The second-order valence-corrected chi connectivity index (χ2v) is 4.75. The van der Waals surface area contributed by atoms with Crippen molar-refractivity contribution in [1.29, 1.82) is 0 Å². The molecule has 0 aliphatic carbocycles. The van der Waals surface area contributed by atoms with Gasteiger partial charge in [0, 0.05) is 16.3 Å². The van der Waals surface area contributed by atoms with Gasteiger partial charge in [0.2, 0.25) is 0 Å². The van der Waals surface area contributed by atoms with Crippen LogP contribution in [0.4, 0.5) is 0 Å². The van der Waals surface area contributed by atoms with Crippen molar-refractivity contribution in [3.63, 3.8) is 0 Å². The zero-order valence-electron chi connectivity index (χ0n) is 9.15. The molecule has 0 amide bonds. The van der Waals surface area contributed by atoms with Crippen LogP contribution in [-0.4, -0.2) is 16.3 Å². The lowest BCUT2D eigenvalue weighted by Crippen LogP contribution is -2.12. The summed E-state index contributed by atoms with van der Waals surface area (Å²) in [5.74, 6) is 0. The summed E-state index contributed by atoms with van der Waals surface area (Å²) in [5, 5.41) is 7.76. The van der Waals surface area contributed by atoms with E-state index >= 15 is 0 Å². The minimum atomic E-state index is 0.827. The molecule has 3 nitrogen and oxygen atoms in total. The Morgan fingerprint density at radius 1 is 1.25 bits per heavy atom. The molecule has 0 radical (unpaired) electrons. The first-order valence-corrected chi connectivity index (χ1v) is 6.38. The Morgan fingerprint density at radius 3 is 2.69 bits per heavy atom. The number of halogens is 1. The van der Waals surface area contributed by atoms with Crippen molar-refractivity contribution in [3.8, 4) is 5.69 Å². The van der Waals surface area contributed by atoms with Crippen LogP contribution in [0.1, 0.15) is 12.6 Å². The van der Waals surface area contributed by atoms with Gasteiger partial charge in [0.15, 0.2) is 0 Å². The molecule has 0 aliphatic heterocycles. The smallest absolute Gasteiger partial charge is 0.0766 e. The SMILES string of the molecule is CCNCc1ccn(-c2ccc(I)cc2)n1. The van der Waals surface area contributed by atoms with Gasteiger partial charge in [-0.1, -0.05) is 6.92 Å². The summed E-state index contributed by atoms with van der Waals surface area (Å²) in [6, 6.07) is 10.4. The molecule has 0 unspecified atom stereocenters. The predicted molar refractivity (Wildman–Crippen MR) is 73.7 cm³/mol. The number of nitrogens with zero attached hydrogens (tertiary/aromatic N) is 2. The topological polar surface area (TPSA) is 29.9 Å². The quantitative estimate of drug-likeness (QED) is 0.875. The highest BCUT2D eigenvalue weighted by atomic mass is 127. The van der Waals surface area contributed by atoms with Gasteiger partial charge in [0.1, 0.15) is 0 Å². The number of aromatic nitrogens is 2. The maximum atomic E-state index is 4.50. The maximum absolute atomic E-state index is 4.50. The van der Waals surface area contributed by atoms with E-state index in [0.717, 1.165) is 24.5 Å². The Hall–Kier alpha value is -0.880. The maximum Gasteiger partial charge on any atom is 0.0766 e. The summed E-state index contributed by atoms with van der Waals surface area (Å²) in [6.45, 7) is 3.89. The summed E-state index contributed by atoms with van der Waals surface area (Å²) >= 11 is 2.30. The molecule has 1 heterocycles.